The summed E-state index contributed by atoms with van der Waals surface area (Å²) in [6, 6.07) is 10.4. The monoisotopic (exact) mass is 298 g/mol. The van der Waals surface area contributed by atoms with Crippen LogP contribution in [0.4, 0.5) is 5.82 Å². The molecule has 1 aromatic carbocycles. The van der Waals surface area contributed by atoms with Gasteiger partial charge in [-0.25, -0.2) is 4.98 Å². The molecule has 22 heavy (non-hydrogen) atoms. The summed E-state index contributed by atoms with van der Waals surface area (Å²) in [5, 5.41) is 10.8. The first-order valence-electron chi connectivity index (χ1n) is 7.60. The molecule has 1 aliphatic heterocycles. The summed E-state index contributed by atoms with van der Waals surface area (Å²) in [5.74, 6) is 0.789. The molecule has 0 spiro atoms. The van der Waals surface area contributed by atoms with Gasteiger partial charge in [-0.15, -0.1) is 0 Å². The standard InChI is InChI=1S/C17H22N4O/c1-20(16-11-18-8-9-19-16)13-17(22)7-10-21(14-17)12-15-5-3-2-4-6-15/h2-6,8-9,11,22H,7,10,12-14H2,1H3/t17-/m0/s1. The van der Waals surface area contributed by atoms with Crippen molar-refractivity contribution in [3.63, 3.8) is 0 Å². The van der Waals surface area contributed by atoms with Crippen LogP contribution in [-0.2, 0) is 6.54 Å². The van der Waals surface area contributed by atoms with Gasteiger partial charge in [-0.05, 0) is 12.0 Å². The largest absolute Gasteiger partial charge is 0.387 e. The van der Waals surface area contributed by atoms with E-state index in [1.165, 1.54) is 5.56 Å². The fourth-order valence-corrected chi connectivity index (χ4v) is 3.06. The molecular weight excluding hydrogens is 276 g/mol. The fraction of sp³-hybridized carbons (Fsp3) is 0.412. The Bertz CT molecular complexity index is 592. The number of aliphatic hydroxyl groups is 1. The smallest absolute Gasteiger partial charge is 0.146 e. The lowest BCUT2D eigenvalue weighted by Crippen LogP contribution is -2.44. The zero-order chi connectivity index (χ0) is 15.4. The van der Waals surface area contributed by atoms with Crippen LogP contribution in [-0.4, -0.2) is 52.3 Å². The SMILES string of the molecule is CN(C[C@@]1(O)CCN(Cc2ccccc2)C1)c1cnccn1. The number of likely N-dealkylation sites (N-methyl/N-ethyl adjacent to an activating group) is 1. The predicted molar refractivity (Wildman–Crippen MR) is 86.6 cm³/mol. The summed E-state index contributed by atoms with van der Waals surface area (Å²) in [6.45, 7) is 3.06. The molecule has 5 heteroatoms. The number of nitrogens with zero attached hydrogens (tertiary/aromatic N) is 4. The Hall–Kier alpha value is -1.98. The number of anilines is 1. The summed E-state index contributed by atoms with van der Waals surface area (Å²) in [4.78, 5) is 12.6. The van der Waals surface area contributed by atoms with E-state index in [1.54, 1.807) is 18.6 Å². The lowest BCUT2D eigenvalue weighted by Gasteiger charge is -2.29. The third-order valence-electron chi connectivity index (χ3n) is 4.13. The van der Waals surface area contributed by atoms with E-state index in [1.807, 2.05) is 18.0 Å². The van der Waals surface area contributed by atoms with Crippen molar-refractivity contribution in [3.8, 4) is 0 Å². The van der Waals surface area contributed by atoms with Gasteiger partial charge in [0.25, 0.3) is 0 Å². The normalized spacial score (nSPS) is 21.9. The molecule has 0 amide bonds. The van der Waals surface area contributed by atoms with Crippen LogP contribution >= 0.6 is 0 Å². The average molecular weight is 298 g/mol. The number of aromatic nitrogens is 2. The molecule has 1 fully saturated rings. The van der Waals surface area contributed by atoms with Gasteiger partial charge < -0.3 is 10.0 Å². The van der Waals surface area contributed by atoms with Gasteiger partial charge >= 0.3 is 0 Å². The zero-order valence-corrected chi connectivity index (χ0v) is 12.9. The molecule has 1 atom stereocenters. The molecule has 0 aliphatic carbocycles. The highest BCUT2D eigenvalue weighted by atomic mass is 16.3. The van der Waals surface area contributed by atoms with Crippen LogP contribution in [0.5, 0.6) is 0 Å². The van der Waals surface area contributed by atoms with Crippen molar-refractivity contribution < 1.29 is 5.11 Å². The van der Waals surface area contributed by atoms with E-state index in [4.69, 9.17) is 0 Å². The second-order valence-electron chi connectivity index (χ2n) is 6.09. The second kappa shape index (κ2) is 6.42. The van der Waals surface area contributed by atoms with Crippen LogP contribution < -0.4 is 4.90 Å². The molecule has 116 valence electrons. The Labute approximate surface area is 131 Å². The Balaban J connectivity index is 1.58. The summed E-state index contributed by atoms with van der Waals surface area (Å²) in [5.41, 5.74) is 0.593. The summed E-state index contributed by atoms with van der Waals surface area (Å²) in [7, 11) is 1.95. The van der Waals surface area contributed by atoms with E-state index in [0.717, 1.165) is 25.3 Å². The van der Waals surface area contributed by atoms with Gasteiger partial charge in [0.1, 0.15) is 5.82 Å². The van der Waals surface area contributed by atoms with Crippen LogP contribution in [0, 0.1) is 0 Å². The van der Waals surface area contributed by atoms with E-state index in [9.17, 15) is 5.11 Å². The van der Waals surface area contributed by atoms with E-state index >= 15 is 0 Å². The van der Waals surface area contributed by atoms with Crippen molar-refractivity contribution in [1.82, 2.24) is 14.9 Å². The lowest BCUT2D eigenvalue weighted by atomic mass is 10.0. The highest BCUT2D eigenvalue weighted by Gasteiger charge is 2.37. The molecule has 2 heterocycles. The summed E-state index contributed by atoms with van der Waals surface area (Å²) < 4.78 is 0. The average Bonchev–Trinajstić information content (AvgIpc) is 2.90. The van der Waals surface area contributed by atoms with Crippen molar-refractivity contribution in [1.29, 1.82) is 0 Å². The molecule has 0 unspecified atom stereocenters. The molecule has 3 rings (SSSR count). The number of β-amino-alcohol motifs (C(OH)–C–C–N with tert-alkyl or cyclic N) is 1. The Morgan fingerprint density at radius 3 is 2.82 bits per heavy atom. The second-order valence-corrected chi connectivity index (χ2v) is 6.09. The minimum Gasteiger partial charge on any atom is -0.387 e. The van der Waals surface area contributed by atoms with Gasteiger partial charge in [0.15, 0.2) is 0 Å². The van der Waals surface area contributed by atoms with E-state index in [0.29, 0.717) is 13.1 Å². The first-order chi connectivity index (χ1) is 10.6. The van der Waals surface area contributed by atoms with Crippen LogP contribution in [0.2, 0.25) is 0 Å². The number of rotatable bonds is 5. The van der Waals surface area contributed by atoms with Crippen molar-refractivity contribution in [3.05, 3.63) is 54.5 Å². The van der Waals surface area contributed by atoms with Crippen LogP contribution in [0.15, 0.2) is 48.9 Å². The van der Waals surface area contributed by atoms with E-state index in [-0.39, 0.29) is 0 Å². The number of hydrogen-bond donors (Lipinski definition) is 1. The minimum absolute atomic E-state index is 0.566. The van der Waals surface area contributed by atoms with E-state index in [2.05, 4.69) is 39.1 Å². The molecule has 5 nitrogen and oxygen atoms in total. The Morgan fingerprint density at radius 2 is 2.09 bits per heavy atom. The zero-order valence-electron chi connectivity index (χ0n) is 12.9. The maximum Gasteiger partial charge on any atom is 0.146 e. The summed E-state index contributed by atoms with van der Waals surface area (Å²) >= 11 is 0. The molecule has 1 aromatic heterocycles. The van der Waals surface area contributed by atoms with Gasteiger partial charge in [-0.2, -0.15) is 0 Å². The highest BCUT2D eigenvalue weighted by molar-refractivity contribution is 5.34. The van der Waals surface area contributed by atoms with Crippen molar-refractivity contribution >= 4 is 5.82 Å². The van der Waals surface area contributed by atoms with Gasteiger partial charge in [0.2, 0.25) is 0 Å². The van der Waals surface area contributed by atoms with E-state index < -0.39 is 5.60 Å². The quantitative estimate of drug-likeness (QED) is 0.907. The number of benzene rings is 1. The van der Waals surface area contributed by atoms with Crippen LogP contribution in [0.3, 0.4) is 0 Å². The number of likely N-dealkylation sites (tertiary alicyclic amines) is 1. The molecule has 2 aromatic rings. The van der Waals surface area contributed by atoms with Gasteiger partial charge in [-0.3, -0.25) is 9.88 Å². The van der Waals surface area contributed by atoms with Crippen molar-refractivity contribution in [2.24, 2.45) is 0 Å². The summed E-state index contributed by atoms with van der Waals surface area (Å²) in [6.07, 6.45) is 5.83. The lowest BCUT2D eigenvalue weighted by molar-refractivity contribution is 0.0561. The molecular formula is C17H22N4O. The maximum absolute atomic E-state index is 10.8. The third-order valence-corrected chi connectivity index (χ3v) is 4.13. The van der Waals surface area contributed by atoms with Crippen LogP contribution in [0.25, 0.3) is 0 Å². The molecule has 0 bridgehead atoms. The van der Waals surface area contributed by atoms with Crippen molar-refractivity contribution in [2.45, 2.75) is 18.6 Å². The topological polar surface area (TPSA) is 52.5 Å². The molecule has 1 aliphatic rings. The number of hydrogen-bond acceptors (Lipinski definition) is 5. The van der Waals surface area contributed by atoms with Crippen molar-refractivity contribution in [2.75, 3.05) is 31.6 Å². The third kappa shape index (κ3) is 3.61. The van der Waals surface area contributed by atoms with Gasteiger partial charge in [0, 0.05) is 45.6 Å². The van der Waals surface area contributed by atoms with Crippen LogP contribution in [0.1, 0.15) is 12.0 Å². The fourth-order valence-electron chi connectivity index (χ4n) is 3.06. The first kappa shape index (κ1) is 14.9. The molecule has 0 radical (unpaired) electrons. The molecule has 1 N–H and O–H groups in total. The Kier molecular flexibility index (Phi) is 4.36. The first-order valence-corrected chi connectivity index (χ1v) is 7.60. The predicted octanol–water partition coefficient (Wildman–Crippen LogP) is 1.55. The molecule has 0 saturated carbocycles. The molecule has 1 saturated heterocycles. The maximum atomic E-state index is 10.8. The highest BCUT2D eigenvalue weighted by Crippen LogP contribution is 2.24. The van der Waals surface area contributed by atoms with Gasteiger partial charge in [0.05, 0.1) is 11.8 Å². The minimum atomic E-state index is -0.693. The Morgan fingerprint density at radius 1 is 1.27 bits per heavy atom. The van der Waals surface area contributed by atoms with Gasteiger partial charge in [-0.1, -0.05) is 30.3 Å².